The molecule has 3 atom stereocenters. The second kappa shape index (κ2) is 8.91. The van der Waals surface area contributed by atoms with Gasteiger partial charge in [-0.1, -0.05) is 50.4 Å². The zero-order valence-corrected chi connectivity index (χ0v) is 16.3. The van der Waals surface area contributed by atoms with Crippen LogP contribution in [0.4, 0.5) is 0 Å². The molecule has 0 N–H and O–H groups in total. The predicted molar refractivity (Wildman–Crippen MR) is 98.0 cm³/mol. The van der Waals surface area contributed by atoms with Gasteiger partial charge in [-0.05, 0) is 48.8 Å². The Morgan fingerprint density at radius 2 is 1.96 bits per heavy atom. The Morgan fingerprint density at radius 3 is 2.64 bits per heavy atom. The maximum Gasteiger partial charge on any atom is 0.344 e. The maximum atomic E-state index is 12.1. The summed E-state index contributed by atoms with van der Waals surface area (Å²) in [5.41, 5.74) is 0.133. The molecule has 1 aliphatic rings. The van der Waals surface area contributed by atoms with E-state index < -0.39 is 18.5 Å². The van der Waals surface area contributed by atoms with Gasteiger partial charge in [-0.25, -0.2) is 9.59 Å². The van der Waals surface area contributed by atoms with Gasteiger partial charge in [0.1, 0.15) is 6.10 Å². The molecular formula is C19H24Cl2O4. The monoisotopic (exact) mass is 386 g/mol. The largest absolute Gasteiger partial charge is 0.460 e. The molecule has 0 radical (unpaired) electrons. The smallest absolute Gasteiger partial charge is 0.344 e. The number of halogens is 2. The quantitative estimate of drug-likeness (QED) is 0.656. The standard InChI is InChI=1S/C19H24Cl2O4/c1-11(2)14-6-4-12(3)8-17(14)25-18(22)10-24-19(23)15-9-13(20)5-7-16(15)21/h5,7,9,11-12,14,17H,4,6,8,10H2,1-3H3/t12-,14-,17-/m1/s1. The summed E-state index contributed by atoms with van der Waals surface area (Å²) in [4.78, 5) is 24.2. The normalized spacial score (nSPS) is 23.4. The molecule has 0 aromatic heterocycles. The third-order valence-electron chi connectivity index (χ3n) is 4.71. The summed E-state index contributed by atoms with van der Waals surface area (Å²) in [6, 6.07) is 4.50. The fourth-order valence-electron chi connectivity index (χ4n) is 3.31. The highest BCUT2D eigenvalue weighted by Gasteiger charge is 2.33. The van der Waals surface area contributed by atoms with E-state index in [9.17, 15) is 9.59 Å². The zero-order chi connectivity index (χ0) is 18.6. The van der Waals surface area contributed by atoms with E-state index in [2.05, 4.69) is 20.8 Å². The summed E-state index contributed by atoms with van der Waals surface area (Å²) in [5.74, 6) is 0.0927. The molecule has 2 rings (SSSR count). The Balaban J connectivity index is 1.91. The summed E-state index contributed by atoms with van der Waals surface area (Å²) >= 11 is 11.8. The fourth-order valence-corrected chi connectivity index (χ4v) is 3.68. The molecule has 0 unspecified atom stereocenters. The van der Waals surface area contributed by atoms with Crippen LogP contribution in [0, 0.1) is 17.8 Å². The number of carbonyl (C=O) groups is 2. The lowest BCUT2D eigenvalue weighted by atomic mass is 9.75. The maximum absolute atomic E-state index is 12.1. The van der Waals surface area contributed by atoms with Crippen molar-refractivity contribution >= 4 is 35.1 Å². The molecule has 0 spiro atoms. The van der Waals surface area contributed by atoms with Crippen molar-refractivity contribution in [1.82, 2.24) is 0 Å². The third-order valence-corrected chi connectivity index (χ3v) is 5.28. The van der Waals surface area contributed by atoms with Crippen LogP contribution in [0.15, 0.2) is 18.2 Å². The number of ether oxygens (including phenoxy) is 2. The lowest BCUT2D eigenvalue weighted by Crippen LogP contribution is -2.36. The molecular weight excluding hydrogens is 363 g/mol. The van der Waals surface area contributed by atoms with Crippen molar-refractivity contribution in [3.63, 3.8) is 0 Å². The van der Waals surface area contributed by atoms with Gasteiger partial charge in [-0.3, -0.25) is 0 Å². The van der Waals surface area contributed by atoms with Gasteiger partial charge < -0.3 is 9.47 Å². The minimum atomic E-state index is -0.693. The molecule has 138 valence electrons. The molecule has 1 aromatic rings. The summed E-state index contributed by atoms with van der Waals surface area (Å²) in [7, 11) is 0. The van der Waals surface area contributed by atoms with Crippen molar-refractivity contribution in [2.75, 3.05) is 6.61 Å². The van der Waals surface area contributed by atoms with Crippen LogP contribution in [-0.4, -0.2) is 24.6 Å². The SMILES string of the molecule is CC(C)[C@H]1CC[C@@H](C)C[C@H]1OC(=O)COC(=O)c1cc(Cl)ccc1Cl. The number of carbonyl (C=O) groups excluding carboxylic acids is 2. The predicted octanol–water partition coefficient (Wildman–Crippen LogP) is 5.15. The van der Waals surface area contributed by atoms with E-state index in [0.29, 0.717) is 22.8 Å². The Labute approximate surface area is 158 Å². The highest BCUT2D eigenvalue weighted by atomic mass is 35.5. The fraction of sp³-hybridized carbons (Fsp3) is 0.579. The Bertz CT molecular complexity index is 630. The second-order valence-corrected chi connectivity index (χ2v) is 7.90. The number of rotatable bonds is 5. The molecule has 0 bridgehead atoms. The number of esters is 2. The van der Waals surface area contributed by atoms with Crippen LogP contribution in [0.2, 0.25) is 10.0 Å². The van der Waals surface area contributed by atoms with Gasteiger partial charge in [0.05, 0.1) is 10.6 Å². The molecule has 4 nitrogen and oxygen atoms in total. The summed E-state index contributed by atoms with van der Waals surface area (Å²) in [6.45, 7) is 6.02. The van der Waals surface area contributed by atoms with Gasteiger partial charge in [0.25, 0.3) is 0 Å². The van der Waals surface area contributed by atoms with Crippen LogP contribution in [0.1, 0.15) is 50.4 Å². The van der Waals surface area contributed by atoms with Crippen LogP contribution in [0.5, 0.6) is 0 Å². The van der Waals surface area contributed by atoms with E-state index in [4.69, 9.17) is 32.7 Å². The first-order valence-corrected chi connectivity index (χ1v) is 9.35. The third kappa shape index (κ3) is 5.61. The molecule has 6 heteroatoms. The molecule has 1 saturated carbocycles. The molecule has 1 aliphatic carbocycles. The van der Waals surface area contributed by atoms with Crippen LogP contribution in [-0.2, 0) is 14.3 Å². The molecule has 0 amide bonds. The number of hydrogen-bond acceptors (Lipinski definition) is 4. The molecule has 1 aromatic carbocycles. The van der Waals surface area contributed by atoms with Crippen molar-refractivity contribution in [2.24, 2.45) is 17.8 Å². The second-order valence-electron chi connectivity index (χ2n) is 7.05. The van der Waals surface area contributed by atoms with Gasteiger partial charge in [-0.15, -0.1) is 0 Å². The van der Waals surface area contributed by atoms with E-state index in [0.717, 1.165) is 19.3 Å². The summed E-state index contributed by atoms with van der Waals surface area (Å²) in [6.07, 6.45) is 2.93. The topological polar surface area (TPSA) is 52.6 Å². The first-order chi connectivity index (χ1) is 11.8. The van der Waals surface area contributed by atoms with Crippen LogP contribution in [0.25, 0.3) is 0 Å². The lowest BCUT2D eigenvalue weighted by Gasteiger charge is -2.36. The van der Waals surface area contributed by atoms with Gasteiger partial charge in [0.2, 0.25) is 0 Å². The summed E-state index contributed by atoms with van der Waals surface area (Å²) in [5, 5.41) is 0.596. The van der Waals surface area contributed by atoms with Gasteiger partial charge >= 0.3 is 11.9 Å². The molecule has 0 saturated heterocycles. The Kier molecular flexibility index (Phi) is 7.14. The molecule has 0 heterocycles. The van der Waals surface area contributed by atoms with Crippen molar-refractivity contribution in [3.05, 3.63) is 33.8 Å². The average molecular weight is 387 g/mol. The van der Waals surface area contributed by atoms with Crippen molar-refractivity contribution in [3.8, 4) is 0 Å². The van der Waals surface area contributed by atoms with E-state index >= 15 is 0 Å². The minimum absolute atomic E-state index is 0.121. The minimum Gasteiger partial charge on any atom is -0.460 e. The van der Waals surface area contributed by atoms with Crippen LogP contribution < -0.4 is 0 Å². The Hall–Kier alpha value is -1.26. The van der Waals surface area contributed by atoms with E-state index in [1.165, 1.54) is 12.1 Å². The first kappa shape index (κ1) is 20.1. The van der Waals surface area contributed by atoms with Gasteiger partial charge in [0.15, 0.2) is 6.61 Å². The van der Waals surface area contributed by atoms with Crippen molar-refractivity contribution in [1.29, 1.82) is 0 Å². The summed E-state index contributed by atoms with van der Waals surface area (Å²) < 4.78 is 10.6. The van der Waals surface area contributed by atoms with Crippen LogP contribution in [0.3, 0.4) is 0 Å². The highest BCUT2D eigenvalue weighted by molar-refractivity contribution is 6.35. The first-order valence-electron chi connectivity index (χ1n) is 8.59. The number of hydrogen-bond donors (Lipinski definition) is 0. The lowest BCUT2D eigenvalue weighted by molar-refractivity contribution is -0.159. The highest BCUT2D eigenvalue weighted by Crippen LogP contribution is 2.35. The average Bonchev–Trinajstić information content (AvgIpc) is 2.54. The molecule has 0 aliphatic heterocycles. The Morgan fingerprint density at radius 1 is 1.24 bits per heavy atom. The molecule has 1 fully saturated rings. The molecule has 25 heavy (non-hydrogen) atoms. The van der Waals surface area contributed by atoms with E-state index in [1.54, 1.807) is 6.07 Å². The van der Waals surface area contributed by atoms with Crippen LogP contribution >= 0.6 is 23.2 Å². The number of benzene rings is 1. The van der Waals surface area contributed by atoms with Gasteiger partial charge in [-0.2, -0.15) is 0 Å². The van der Waals surface area contributed by atoms with Crippen molar-refractivity contribution in [2.45, 2.75) is 46.1 Å². The van der Waals surface area contributed by atoms with Gasteiger partial charge in [0, 0.05) is 5.02 Å². The van der Waals surface area contributed by atoms with E-state index in [1.807, 2.05) is 0 Å². The zero-order valence-electron chi connectivity index (χ0n) is 14.8. The van der Waals surface area contributed by atoms with Crippen molar-refractivity contribution < 1.29 is 19.1 Å². The van der Waals surface area contributed by atoms with E-state index in [-0.39, 0.29) is 16.7 Å².